The second-order valence-corrected chi connectivity index (χ2v) is 1.76. The molecule has 0 radical (unpaired) electrons. The number of carbonyl (C=O) groups excluding carboxylic acids is 2. The van der Waals surface area contributed by atoms with Gasteiger partial charge in [0.15, 0.2) is 0 Å². The van der Waals surface area contributed by atoms with E-state index in [-0.39, 0.29) is 6.15 Å². The van der Waals surface area contributed by atoms with Gasteiger partial charge in [-0.3, -0.25) is 0 Å². The van der Waals surface area contributed by atoms with Crippen LogP contribution in [0.1, 0.15) is 19.3 Å². The predicted molar refractivity (Wildman–Crippen MR) is 29.7 cm³/mol. The average molecular weight is 130 g/mol. The molecule has 0 atom stereocenters. The van der Waals surface area contributed by atoms with Gasteiger partial charge in [-0.15, -0.1) is 0 Å². The summed E-state index contributed by atoms with van der Waals surface area (Å²) in [5.41, 5.74) is 0. The highest BCUT2D eigenvalue weighted by atomic mass is 16.5. The maximum atomic E-state index is 8.12. The molecule has 52 valence electrons. The lowest BCUT2D eigenvalue weighted by Crippen LogP contribution is -2.03. The summed E-state index contributed by atoms with van der Waals surface area (Å²) in [5.74, 6) is 0. The van der Waals surface area contributed by atoms with Crippen molar-refractivity contribution < 1.29 is 14.3 Å². The fraction of sp³-hybridized carbons (Fsp3) is 0.833. The van der Waals surface area contributed by atoms with Crippen molar-refractivity contribution in [2.75, 3.05) is 13.2 Å². The van der Waals surface area contributed by atoms with Crippen molar-refractivity contribution in [3.8, 4) is 0 Å². The van der Waals surface area contributed by atoms with Crippen molar-refractivity contribution in [3.63, 3.8) is 0 Å². The lowest BCUT2D eigenvalue weighted by molar-refractivity contribution is -0.191. The normalized spacial score (nSPS) is 16.9. The second-order valence-electron chi connectivity index (χ2n) is 1.76. The van der Waals surface area contributed by atoms with Crippen LogP contribution in [0, 0.1) is 0 Å². The van der Waals surface area contributed by atoms with E-state index < -0.39 is 0 Å². The molecule has 1 aliphatic rings. The third-order valence-corrected chi connectivity index (χ3v) is 1.08. The maximum absolute atomic E-state index is 8.12. The monoisotopic (exact) mass is 130 g/mol. The summed E-state index contributed by atoms with van der Waals surface area (Å²) < 4.78 is 5.07. The molecule has 0 aromatic rings. The summed E-state index contributed by atoms with van der Waals surface area (Å²) in [6.07, 6.45) is 4.18. The van der Waals surface area contributed by atoms with E-state index in [0.717, 1.165) is 13.2 Å². The molecule has 3 nitrogen and oxygen atoms in total. The first kappa shape index (κ1) is 8.34. The van der Waals surface area contributed by atoms with Gasteiger partial charge in [-0.25, -0.2) is 0 Å². The Balaban J connectivity index is 0.000000187. The maximum Gasteiger partial charge on any atom is 0.373 e. The van der Waals surface area contributed by atoms with Gasteiger partial charge in [0.05, 0.1) is 0 Å². The Bertz CT molecular complexity index is 68.8. The van der Waals surface area contributed by atoms with Crippen LogP contribution in [0.3, 0.4) is 0 Å². The lowest BCUT2D eigenvalue weighted by Gasteiger charge is -2.08. The summed E-state index contributed by atoms with van der Waals surface area (Å²) in [6, 6.07) is 0. The largest absolute Gasteiger partial charge is 0.381 e. The standard InChI is InChI=1S/C5H10O.CO2/c1-2-4-6-5-3-1;2-1-3/h1-5H2;. The van der Waals surface area contributed by atoms with Crippen LogP contribution in [0.25, 0.3) is 0 Å². The van der Waals surface area contributed by atoms with Gasteiger partial charge >= 0.3 is 6.15 Å². The van der Waals surface area contributed by atoms with Gasteiger partial charge in [-0.05, 0) is 19.3 Å². The Morgan fingerprint density at radius 1 is 1.00 bits per heavy atom. The lowest BCUT2D eigenvalue weighted by atomic mass is 10.2. The SMILES string of the molecule is C1CCOCC1.O=C=O. The molecule has 1 rings (SSSR count). The molecule has 0 aromatic heterocycles. The van der Waals surface area contributed by atoms with E-state index in [4.69, 9.17) is 14.3 Å². The Hall–Kier alpha value is -0.660. The van der Waals surface area contributed by atoms with Crippen molar-refractivity contribution in [2.24, 2.45) is 0 Å². The predicted octanol–water partition coefficient (Wildman–Crippen LogP) is 0.603. The first-order valence-corrected chi connectivity index (χ1v) is 2.99. The van der Waals surface area contributed by atoms with Crippen molar-refractivity contribution >= 4 is 6.15 Å². The molecular weight excluding hydrogens is 120 g/mol. The smallest absolute Gasteiger partial charge is 0.373 e. The zero-order chi connectivity index (χ0) is 6.95. The number of ether oxygens (including phenoxy) is 1. The fourth-order valence-corrected chi connectivity index (χ4v) is 0.687. The second kappa shape index (κ2) is 7.34. The van der Waals surface area contributed by atoms with Crippen LogP contribution in [0.15, 0.2) is 0 Å². The van der Waals surface area contributed by atoms with Crippen LogP contribution in [0.4, 0.5) is 0 Å². The Labute approximate surface area is 54.0 Å². The first-order valence-electron chi connectivity index (χ1n) is 2.99. The van der Waals surface area contributed by atoms with E-state index in [9.17, 15) is 0 Å². The summed E-state index contributed by atoms with van der Waals surface area (Å²) in [5, 5.41) is 0. The molecule has 9 heavy (non-hydrogen) atoms. The van der Waals surface area contributed by atoms with Crippen LogP contribution in [0.5, 0.6) is 0 Å². The summed E-state index contributed by atoms with van der Waals surface area (Å²) in [6.45, 7) is 2.00. The van der Waals surface area contributed by atoms with E-state index in [1.165, 1.54) is 19.3 Å². The van der Waals surface area contributed by atoms with Crippen LogP contribution < -0.4 is 0 Å². The molecule has 0 bridgehead atoms. The van der Waals surface area contributed by atoms with Crippen molar-refractivity contribution in [1.82, 2.24) is 0 Å². The molecule has 1 fully saturated rings. The summed E-state index contributed by atoms with van der Waals surface area (Å²) in [7, 11) is 0. The molecule has 0 N–H and O–H groups in total. The van der Waals surface area contributed by atoms with E-state index in [1.54, 1.807) is 0 Å². The fourth-order valence-electron chi connectivity index (χ4n) is 0.687. The molecule has 0 spiro atoms. The van der Waals surface area contributed by atoms with Gasteiger partial charge in [-0.2, -0.15) is 9.59 Å². The third-order valence-electron chi connectivity index (χ3n) is 1.08. The van der Waals surface area contributed by atoms with Crippen LogP contribution >= 0.6 is 0 Å². The van der Waals surface area contributed by atoms with Gasteiger partial charge < -0.3 is 4.74 Å². The zero-order valence-electron chi connectivity index (χ0n) is 5.26. The van der Waals surface area contributed by atoms with Crippen LogP contribution in [-0.4, -0.2) is 19.4 Å². The molecule has 3 heteroatoms. The topological polar surface area (TPSA) is 43.4 Å². The molecule has 1 saturated heterocycles. The van der Waals surface area contributed by atoms with E-state index >= 15 is 0 Å². The molecular formula is C6H10O3. The van der Waals surface area contributed by atoms with E-state index in [0.29, 0.717) is 0 Å². The molecule has 1 heterocycles. The number of hydrogen-bond acceptors (Lipinski definition) is 3. The van der Waals surface area contributed by atoms with Gasteiger partial charge in [0.25, 0.3) is 0 Å². The van der Waals surface area contributed by atoms with Crippen LogP contribution in [-0.2, 0) is 14.3 Å². The molecule has 0 aromatic carbocycles. The highest BCUT2D eigenvalue weighted by Crippen LogP contribution is 2.01. The molecule has 1 aliphatic heterocycles. The zero-order valence-corrected chi connectivity index (χ0v) is 5.26. The highest BCUT2D eigenvalue weighted by molar-refractivity contribution is 5.20. The molecule has 0 amide bonds. The van der Waals surface area contributed by atoms with Gasteiger partial charge in [-0.1, -0.05) is 0 Å². The highest BCUT2D eigenvalue weighted by Gasteiger charge is 1.94. The minimum Gasteiger partial charge on any atom is -0.381 e. The minimum absolute atomic E-state index is 0.250. The van der Waals surface area contributed by atoms with Crippen molar-refractivity contribution in [1.29, 1.82) is 0 Å². The number of hydrogen-bond donors (Lipinski definition) is 0. The van der Waals surface area contributed by atoms with Crippen LogP contribution in [0.2, 0.25) is 0 Å². The van der Waals surface area contributed by atoms with Gasteiger partial charge in [0.2, 0.25) is 0 Å². The minimum atomic E-state index is 0.250. The quantitative estimate of drug-likeness (QED) is 0.482. The Morgan fingerprint density at radius 2 is 1.44 bits per heavy atom. The number of rotatable bonds is 0. The summed E-state index contributed by atoms with van der Waals surface area (Å²) in [4.78, 5) is 16.2. The molecule has 0 saturated carbocycles. The van der Waals surface area contributed by atoms with Gasteiger partial charge in [0.1, 0.15) is 0 Å². The Kier molecular flexibility index (Phi) is 6.80. The van der Waals surface area contributed by atoms with Crippen molar-refractivity contribution in [2.45, 2.75) is 19.3 Å². The van der Waals surface area contributed by atoms with Crippen molar-refractivity contribution in [3.05, 3.63) is 0 Å². The molecule has 0 aliphatic carbocycles. The van der Waals surface area contributed by atoms with Gasteiger partial charge in [0, 0.05) is 13.2 Å². The van der Waals surface area contributed by atoms with E-state index in [2.05, 4.69) is 0 Å². The third kappa shape index (κ3) is 7.34. The average Bonchev–Trinajstić information content (AvgIpc) is 1.93. The first-order chi connectivity index (χ1) is 4.41. The van der Waals surface area contributed by atoms with E-state index in [1.807, 2.05) is 0 Å². The summed E-state index contributed by atoms with van der Waals surface area (Å²) >= 11 is 0. The Morgan fingerprint density at radius 3 is 1.56 bits per heavy atom. The molecule has 0 unspecified atom stereocenters.